The predicted molar refractivity (Wildman–Crippen MR) is 142 cm³/mol. The number of phenols is 2. The van der Waals surface area contributed by atoms with E-state index in [9.17, 15) is 45.7 Å². The van der Waals surface area contributed by atoms with Crippen LogP contribution >= 0.6 is 0 Å². The average molecular weight is 617 g/mol. The van der Waals surface area contributed by atoms with Gasteiger partial charge in [-0.15, -0.1) is 10.2 Å². The average Bonchev–Trinajstić information content (AvgIpc) is 2.90. The maximum Gasteiger partial charge on any atom is 0.335 e. The number of carboxylic acid groups (broad SMARTS) is 2. The van der Waals surface area contributed by atoms with E-state index < -0.39 is 75.6 Å². The van der Waals surface area contributed by atoms with Gasteiger partial charge in [-0.25, -0.2) is 9.59 Å². The topological polar surface area (TPSA) is 273 Å². The van der Waals surface area contributed by atoms with Crippen molar-refractivity contribution in [3.8, 4) is 11.5 Å². The van der Waals surface area contributed by atoms with Crippen molar-refractivity contribution in [2.75, 3.05) is 0 Å². The zero-order valence-corrected chi connectivity index (χ0v) is 22.1. The minimum atomic E-state index is -5.17. The summed E-state index contributed by atoms with van der Waals surface area (Å²) in [7, 11) is -10.3. The van der Waals surface area contributed by atoms with Gasteiger partial charge in [0.2, 0.25) is 0 Å². The number of hydrogen-bond donors (Lipinski definition) is 6. The summed E-state index contributed by atoms with van der Waals surface area (Å²) < 4.78 is 68.0. The van der Waals surface area contributed by atoms with Crippen molar-refractivity contribution >= 4 is 65.7 Å². The lowest BCUT2D eigenvalue weighted by Crippen LogP contribution is -2.01. The van der Waals surface area contributed by atoms with Crippen LogP contribution in [0.5, 0.6) is 11.5 Å². The van der Waals surface area contributed by atoms with Crippen molar-refractivity contribution in [3.05, 3.63) is 71.8 Å². The monoisotopic (exact) mass is 616 g/mol. The van der Waals surface area contributed by atoms with Crippen molar-refractivity contribution in [2.24, 2.45) is 20.5 Å². The van der Waals surface area contributed by atoms with Crippen LogP contribution < -0.4 is 0 Å². The molecule has 0 saturated heterocycles. The van der Waals surface area contributed by atoms with Crippen LogP contribution in [0.3, 0.4) is 0 Å². The zero-order chi connectivity index (χ0) is 31.0. The van der Waals surface area contributed by atoms with Gasteiger partial charge in [0.1, 0.15) is 21.2 Å². The summed E-state index contributed by atoms with van der Waals surface area (Å²) in [5, 5.41) is 53.5. The number of hydrogen-bond acceptors (Lipinski definition) is 12. The van der Waals surface area contributed by atoms with Gasteiger partial charge in [0.05, 0.1) is 27.9 Å². The van der Waals surface area contributed by atoms with Crippen molar-refractivity contribution in [3.63, 3.8) is 0 Å². The Balaban J connectivity index is 1.95. The van der Waals surface area contributed by atoms with Crippen LogP contribution in [0.2, 0.25) is 0 Å². The fourth-order valence-corrected chi connectivity index (χ4v) is 4.92. The highest BCUT2D eigenvalue weighted by Gasteiger charge is 2.28. The molecule has 16 nitrogen and oxygen atoms in total. The molecule has 0 spiro atoms. The Morgan fingerprint density at radius 1 is 0.571 bits per heavy atom. The fraction of sp³-hybridized carbons (Fsp3) is 0. The minimum Gasteiger partial charge on any atom is -0.505 e. The molecule has 0 aliphatic rings. The number of fused-ring (bicyclic) bond motifs is 1. The second-order valence-electron chi connectivity index (χ2n) is 8.30. The Labute approximate surface area is 235 Å². The van der Waals surface area contributed by atoms with Crippen LogP contribution in [0.4, 0.5) is 22.7 Å². The lowest BCUT2D eigenvalue weighted by molar-refractivity contribution is 0.0686. The largest absolute Gasteiger partial charge is 0.505 e. The second-order valence-corrected chi connectivity index (χ2v) is 11.1. The van der Waals surface area contributed by atoms with Gasteiger partial charge in [-0.05, 0) is 66.0 Å². The van der Waals surface area contributed by atoms with Crippen molar-refractivity contribution < 1.29 is 56.0 Å². The third-order valence-electron chi connectivity index (χ3n) is 5.57. The Kier molecular flexibility index (Phi) is 7.73. The van der Waals surface area contributed by atoms with Crippen molar-refractivity contribution in [1.82, 2.24) is 0 Å². The number of azo groups is 2. The van der Waals surface area contributed by atoms with Gasteiger partial charge < -0.3 is 20.4 Å². The molecular formula is C24H16N4O12S2. The number of carboxylic acids is 2. The Bertz CT molecular complexity index is 1900. The molecule has 0 unspecified atom stereocenters. The number of phenolic OH excluding ortho intramolecular Hbond substituents is 2. The molecule has 0 atom stereocenters. The molecule has 0 bridgehead atoms. The first-order chi connectivity index (χ1) is 19.6. The third-order valence-corrected chi connectivity index (χ3v) is 7.30. The molecule has 4 aromatic rings. The van der Waals surface area contributed by atoms with Crippen LogP contribution in [0, 0.1) is 0 Å². The number of aromatic carboxylic acids is 2. The van der Waals surface area contributed by atoms with Crippen molar-refractivity contribution in [2.45, 2.75) is 9.79 Å². The molecule has 0 saturated carbocycles. The Hall–Kier alpha value is -5.30. The molecule has 42 heavy (non-hydrogen) atoms. The lowest BCUT2D eigenvalue weighted by Gasteiger charge is -2.13. The maximum atomic E-state index is 12.1. The highest BCUT2D eigenvalue weighted by Crippen LogP contribution is 2.50. The molecular weight excluding hydrogens is 600 g/mol. The van der Waals surface area contributed by atoms with E-state index in [1.807, 2.05) is 0 Å². The molecule has 6 N–H and O–H groups in total. The molecule has 0 heterocycles. The van der Waals surface area contributed by atoms with Gasteiger partial charge in [-0.1, -0.05) is 0 Å². The normalized spacial score (nSPS) is 12.3. The molecule has 0 fully saturated rings. The summed E-state index contributed by atoms with van der Waals surface area (Å²) in [6.45, 7) is 0. The summed E-state index contributed by atoms with van der Waals surface area (Å²) in [5.74, 6) is -4.67. The summed E-state index contributed by atoms with van der Waals surface area (Å²) in [5.41, 5.74) is -1.99. The van der Waals surface area contributed by atoms with E-state index in [1.54, 1.807) is 0 Å². The van der Waals surface area contributed by atoms with Gasteiger partial charge in [0, 0.05) is 0 Å². The van der Waals surface area contributed by atoms with E-state index in [2.05, 4.69) is 20.5 Å². The van der Waals surface area contributed by atoms with Gasteiger partial charge in [0.25, 0.3) is 20.2 Å². The van der Waals surface area contributed by atoms with E-state index in [1.165, 1.54) is 24.3 Å². The summed E-state index contributed by atoms with van der Waals surface area (Å²) in [6.07, 6.45) is 0. The SMILES string of the molecule is O=C(O)c1ccc(N=Nc2c(S(=O)(=O)O)cc3cc(S(=O)(=O)O)c(N=Nc4ccc(C(=O)O)cc4)c(O)c3c2O)cc1. The number of rotatable bonds is 8. The molecule has 18 heteroatoms. The van der Waals surface area contributed by atoms with Gasteiger partial charge >= 0.3 is 11.9 Å². The third kappa shape index (κ3) is 6.05. The number of carbonyl (C=O) groups is 2. The maximum absolute atomic E-state index is 12.1. The molecule has 0 aromatic heterocycles. The van der Waals surface area contributed by atoms with Crippen LogP contribution in [-0.4, -0.2) is 58.3 Å². The molecule has 4 rings (SSSR count). The van der Waals surface area contributed by atoms with Crippen LogP contribution in [0.1, 0.15) is 20.7 Å². The van der Waals surface area contributed by atoms with E-state index in [0.29, 0.717) is 12.1 Å². The van der Waals surface area contributed by atoms with Gasteiger partial charge in [-0.3, -0.25) is 9.11 Å². The van der Waals surface area contributed by atoms with E-state index >= 15 is 0 Å². The van der Waals surface area contributed by atoms with Crippen LogP contribution in [0.15, 0.2) is 90.9 Å². The predicted octanol–water partition coefficient (Wildman–Crippen LogP) is 4.97. The Morgan fingerprint density at radius 2 is 0.905 bits per heavy atom. The van der Waals surface area contributed by atoms with E-state index in [-0.39, 0.29) is 22.5 Å². The zero-order valence-electron chi connectivity index (χ0n) is 20.5. The first-order valence-electron chi connectivity index (χ1n) is 11.1. The lowest BCUT2D eigenvalue weighted by atomic mass is 10.1. The highest BCUT2D eigenvalue weighted by molar-refractivity contribution is 7.86. The standard InChI is InChI=1S/C24H16N4O12S2/c29-21-18-13(9-16(41(35,36)37)19(21)27-25-14-5-1-11(2-6-14)23(31)32)10-17(42(38,39)40)20(22(18)30)28-26-15-7-3-12(4-8-15)24(33)34/h1-10,29-30H,(H,31,32)(H,33,34)(H,35,36,37)(H,38,39,40). The number of aromatic hydroxyl groups is 2. The first-order valence-corrected chi connectivity index (χ1v) is 14.0. The number of nitrogens with zero attached hydrogens (tertiary/aromatic N) is 4. The highest BCUT2D eigenvalue weighted by atomic mass is 32.2. The van der Waals surface area contributed by atoms with E-state index in [4.69, 9.17) is 10.2 Å². The fourth-order valence-electron chi connectivity index (χ4n) is 3.60. The van der Waals surface area contributed by atoms with Gasteiger partial charge in [0.15, 0.2) is 11.5 Å². The summed E-state index contributed by atoms with van der Waals surface area (Å²) in [6, 6.07) is 10.8. The smallest absolute Gasteiger partial charge is 0.335 e. The van der Waals surface area contributed by atoms with Crippen LogP contribution in [0.25, 0.3) is 10.8 Å². The first kappa shape index (κ1) is 29.7. The van der Waals surface area contributed by atoms with Gasteiger partial charge in [-0.2, -0.15) is 27.1 Å². The molecule has 0 aliphatic carbocycles. The molecule has 0 amide bonds. The second kappa shape index (κ2) is 10.9. The number of benzene rings is 4. The van der Waals surface area contributed by atoms with E-state index in [0.717, 1.165) is 24.3 Å². The Morgan fingerprint density at radius 3 is 1.19 bits per heavy atom. The molecule has 4 aromatic carbocycles. The molecule has 216 valence electrons. The molecule has 0 radical (unpaired) electrons. The molecule has 0 aliphatic heterocycles. The summed E-state index contributed by atoms with van der Waals surface area (Å²) >= 11 is 0. The van der Waals surface area contributed by atoms with Crippen molar-refractivity contribution in [1.29, 1.82) is 0 Å². The quantitative estimate of drug-likeness (QED) is 0.113. The summed E-state index contributed by atoms with van der Waals surface area (Å²) in [4.78, 5) is 19.9. The van der Waals surface area contributed by atoms with Crippen LogP contribution in [-0.2, 0) is 20.2 Å². The minimum absolute atomic E-state index is 0.00451.